The highest BCUT2D eigenvalue weighted by atomic mass is 32.2. The van der Waals surface area contributed by atoms with Crippen molar-refractivity contribution in [2.75, 3.05) is 24.7 Å². The van der Waals surface area contributed by atoms with E-state index in [2.05, 4.69) is 10.6 Å². The lowest BCUT2D eigenvalue weighted by atomic mass is 9.99. The van der Waals surface area contributed by atoms with Crippen LogP contribution in [0.15, 0.2) is 0 Å². The summed E-state index contributed by atoms with van der Waals surface area (Å²) in [5.74, 6) is -1.11. The van der Waals surface area contributed by atoms with Gasteiger partial charge in [-0.25, -0.2) is 18.0 Å². The van der Waals surface area contributed by atoms with Crippen LogP contribution in [0.1, 0.15) is 19.3 Å². The van der Waals surface area contributed by atoms with E-state index >= 15 is 0 Å². The number of aliphatic carboxylic acids is 1. The maximum Gasteiger partial charge on any atom is 0.332 e. The third kappa shape index (κ3) is 3.40. The lowest BCUT2D eigenvalue weighted by Gasteiger charge is -2.27. The fourth-order valence-electron chi connectivity index (χ4n) is 2.46. The Kier molecular flexibility index (Phi) is 4.19. The van der Waals surface area contributed by atoms with Gasteiger partial charge in [0.1, 0.15) is 0 Å². The first kappa shape index (κ1) is 15.0. The minimum absolute atomic E-state index is 0.0846. The van der Waals surface area contributed by atoms with Gasteiger partial charge in [0.2, 0.25) is 0 Å². The van der Waals surface area contributed by atoms with Crippen LogP contribution in [0.2, 0.25) is 0 Å². The zero-order valence-corrected chi connectivity index (χ0v) is 11.7. The van der Waals surface area contributed by atoms with Gasteiger partial charge in [0.05, 0.1) is 18.1 Å². The molecule has 2 aliphatic rings. The van der Waals surface area contributed by atoms with E-state index < -0.39 is 33.4 Å². The Bertz CT molecular complexity index is 497. The zero-order chi connectivity index (χ0) is 14.8. The first-order valence-electron chi connectivity index (χ1n) is 6.43. The molecule has 8 nitrogen and oxygen atoms in total. The molecule has 2 amide bonds. The predicted octanol–water partition coefficient (Wildman–Crippen LogP) is -0.893. The van der Waals surface area contributed by atoms with Crippen LogP contribution < -0.4 is 10.6 Å². The van der Waals surface area contributed by atoms with Crippen molar-refractivity contribution in [1.29, 1.82) is 0 Å². The summed E-state index contributed by atoms with van der Waals surface area (Å²) < 4.78 is 28.0. The van der Waals surface area contributed by atoms with E-state index in [4.69, 9.17) is 4.74 Å². The van der Waals surface area contributed by atoms with Gasteiger partial charge in [0.25, 0.3) is 0 Å². The maximum absolute atomic E-state index is 11.9. The van der Waals surface area contributed by atoms with Crippen molar-refractivity contribution < 1.29 is 27.9 Å². The summed E-state index contributed by atoms with van der Waals surface area (Å²) in [6, 6.07) is -1.14. The Morgan fingerprint density at radius 1 is 1.35 bits per heavy atom. The molecule has 2 aliphatic heterocycles. The zero-order valence-electron chi connectivity index (χ0n) is 10.9. The van der Waals surface area contributed by atoms with Crippen LogP contribution in [0, 0.1) is 0 Å². The molecule has 9 heteroatoms. The number of nitrogens with one attached hydrogen (secondary N) is 2. The summed E-state index contributed by atoms with van der Waals surface area (Å²) in [6.45, 7) is 0.184. The SMILES string of the molecule is O=C(NC1CCCS(=O)(=O)C1)NC1(C(=O)O)CCOC1. The molecule has 20 heavy (non-hydrogen) atoms. The highest BCUT2D eigenvalue weighted by Crippen LogP contribution is 2.19. The molecule has 0 aromatic heterocycles. The Hall–Kier alpha value is -1.35. The van der Waals surface area contributed by atoms with Crippen molar-refractivity contribution in [3.63, 3.8) is 0 Å². The lowest BCUT2D eigenvalue weighted by molar-refractivity contribution is -0.144. The smallest absolute Gasteiger partial charge is 0.332 e. The average molecular weight is 306 g/mol. The molecule has 2 atom stereocenters. The van der Waals surface area contributed by atoms with Gasteiger partial charge in [-0.2, -0.15) is 0 Å². The molecule has 2 fully saturated rings. The molecular weight excluding hydrogens is 288 g/mol. The second-order valence-electron chi connectivity index (χ2n) is 5.24. The number of rotatable bonds is 3. The number of ether oxygens (including phenoxy) is 1. The standard InChI is InChI=1S/C11H18N2O6S/c14-9(15)11(3-4-19-7-11)13-10(16)12-8-2-1-5-20(17,18)6-8/h8H,1-7H2,(H,14,15)(H2,12,13,16). The van der Waals surface area contributed by atoms with Gasteiger partial charge >= 0.3 is 12.0 Å². The second-order valence-corrected chi connectivity index (χ2v) is 7.47. The first-order valence-corrected chi connectivity index (χ1v) is 8.25. The summed E-state index contributed by atoms with van der Waals surface area (Å²) in [6.07, 6.45) is 1.27. The molecule has 0 aromatic carbocycles. The summed E-state index contributed by atoms with van der Waals surface area (Å²) >= 11 is 0. The van der Waals surface area contributed by atoms with Crippen LogP contribution in [-0.2, 0) is 19.4 Å². The van der Waals surface area contributed by atoms with Gasteiger partial charge in [-0.15, -0.1) is 0 Å². The van der Waals surface area contributed by atoms with Crippen LogP contribution >= 0.6 is 0 Å². The quantitative estimate of drug-likeness (QED) is 0.621. The fourth-order valence-corrected chi connectivity index (χ4v) is 4.10. The van der Waals surface area contributed by atoms with E-state index in [0.717, 1.165) is 0 Å². The topological polar surface area (TPSA) is 122 Å². The lowest BCUT2D eigenvalue weighted by Crippen LogP contribution is -2.59. The third-order valence-electron chi connectivity index (χ3n) is 3.58. The Labute approximate surface area is 116 Å². The summed E-state index contributed by atoms with van der Waals surface area (Å²) in [7, 11) is -3.12. The number of carboxylic acids is 1. The molecule has 0 saturated carbocycles. The van der Waals surface area contributed by atoms with E-state index in [1.54, 1.807) is 0 Å². The van der Waals surface area contributed by atoms with Crippen LogP contribution in [0.5, 0.6) is 0 Å². The Morgan fingerprint density at radius 2 is 2.10 bits per heavy atom. The number of carbonyl (C=O) groups is 2. The minimum atomic E-state index is -3.12. The van der Waals surface area contributed by atoms with Gasteiger partial charge < -0.3 is 20.5 Å². The van der Waals surface area contributed by atoms with Crippen molar-refractivity contribution in [2.45, 2.75) is 30.8 Å². The van der Waals surface area contributed by atoms with Gasteiger partial charge in [0.15, 0.2) is 15.4 Å². The molecule has 114 valence electrons. The van der Waals surface area contributed by atoms with E-state index in [0.29, 0.717) is 12.8 Å². The van der Waals surface area contributed by atoms with E-state index in [-0.39, 0.29) is 31.1 Å². The number of hydrogen-bond donors (Lipinski definition) is 3. The van der Waals surface area contributed by atoms with Crippen molar-refractivity contribution in [1.82, 2.24) is 10.6 Å². The maximum atomic E-state index is 11.9. The van der Waals surface area contributed by atoms with Crippen LogP contribution in [0.4, 0.5) is 4.79 Å². The van der Waals surface area contributed by atoms with Gasteiger partial charge in [-0.1, -0.05) is 0 Å². The molecule has 0 aromatic rings. The minimum Gasteiger partial charge on any atom is -0.479 e. The molecular formula is C11H18N2O6S. The van der Waals surface area contributed by atoms with Crippen molar-refractivity contribution in [3.8, 4) is 0 Å². The van der Waals surface area contributed by atoms with E-state index in [9.17, 15) is 23.1 Å². The largest absolute Gasteiger partial charge is 0.479 e. The van der Waals surface area contributed by atoms with Crippen molar-refractivity contribution in [3.05, 3.63) is 0 Å². The van der Waals surface area contributed by atoms with Crippen LogP contribution in [0.3, 0.4) is 0 Å². The van der Waals surface area contributed by atoms with Gasteiger partial charge in [-0.3, -0.25) is 0 Å². The predicted molar refractivity (Wildman–Crippen MR) is 69.1 cm³/mol. The average Bonchev–Trinajstić information content (AvgIpc) is 2.77. The third-order valence-corrected chi connectivity index (χ3v) is 5.40. The highest BCUT2D eigenvalue weighted by Gasteiger charge is 2.44. The molecule has 2 rings (SSSR count). The summed E-state index contributed by atoms with van der Waals surface area (Å²) in [5, 5.41) is 14.1. The van der Waals surface area contributed by atoms with Crippen molar-refractivity contribution in [2.24, 2.45) is 0 Å². The van der Waals surface area contributed by atoms with E-state index in [1.165, 1.54) is 0 Å². The van der Waals surface area contributed by atoms with Crippen LogP contribution in [0.25, 0.3) is 0 Å². The molecule has 0 aliphatic carbocycles. The number of carboxylic acid groups (broad SMARTS) is 1. The Balaban J connectivity index is 1.93. The van der Waals surface area contributed by atoms with Gasteiger partial charge in [0, 0.05) is 19.1 Å². The normalized spacial score (nSPS) is 32.5. The molecule has 2 unspecified atom stereocenters. The second kappa shape index (κ2) is 5.57. The van der Waals surface area contributed by atoms with E-state index in [1.807, 2.05) is 0 Å². The molecule has 3 N–H and O–H groups in total. The number of hydrogen-bond acceptors (Lipinski definition) is 5. The monoisotopic (exact) mass is 306 g/mol. The molecule has 2 saturated heterocycles. The molecule has 2 heterocycles. The van der Waals surface area contributed by atoms with Crippen LogP contribution in [-0.4, -0.2) is 61.8 Å². The molecule has 0 bridgehead atoms. The number of carbonyl (C=O) groups excluding carboxylic acids is 1. The summed E-state index contributed by atoms with van der Waals surface area (Å²) in [5.41, 5.74) is -1.42. The van der Waals surface area contributed by atoms with Gasteiger partial charge in [-0.05, 0) is 12.8 Å². The number of amides is 2. The number of urea groups is 1. The Morgan fingerprint density at radius 3 is 2.65 bits per heavy atom. The first-order chi connectivity index (χ1) is 9.33. The number of sulfone groups is 1. The summed E-state index contributed by atoms with van der Waals surface area (Å²) in [4.78, 5) is 23.1. The fraction of sp³-hybridized carbons (Fsp3) is 0.818. The molecule has 0 radical (unpaired) electrons. The van der Waals surface area contributed by atoms with Crippen molar-refractivity contribution >= 4 is 21.8 Å². The highest BCUT2D eigenvalue weighted by molar-refractivity contribution is 7.91. The molecule has 0 spiro atoms.